The van der Waals surface area contributed by atoms with Gasteiger partial charge in [-0.15, -0.1) is 0 Å². The van der Waals surface area contributed by atoms with E-state index in [9.17, 15) is 69.4 Å². The second kappa shape index (κ2) is 33.4. The van der Waals surface area contributed by atoms with Gasteiger partial charge in [-0.3, -0.25) is 52.9 Å². The normalized spacial score (nSPS) is 22.4. The van der Waals surface area contributed by atoms with E-state index in [0.717, 1.165) is 37.9 Å². The summed E-state index contributed by atoms with van der Waals surface area (Å²) in [5.41, 5.74) is 0. The number of urea groups is 1. The van der Waals surface area contributed by atoms with E-state index in [1.807, 2.05) is 33.4 Å². The monoisotopic (exact) mass is 1240 g/mol. The van der Waals surface area contributed by atoms with E-state index in [1.54, 1.807) is 0 Å². The fourth-order valence-corrected chi connectivity index (χ4v) is 13.9. The predicted octanol–water partition coefficient (Wildman–Crippen LogP) is -0.443. The average molecular weight is 1250 g/mol. The third kappa shape index (κ3) is 23.4. The number of thioether (sulfide) groups is 1. The van der Waals surface area contributed by atoms with Gasteiger partial charge in [0.1, 0.15) is 23.6 Å². The molecule has 6 aliphatic heterocycles. The molecule has 0 spiro atoms. The first-order valence-electron chi connectivity index (χ1n) is 29.7. The largest absolute Gasteiger partial charge is 0.481 e. The third-order valence-corrected chi connectivity index (χ3v) is 18.9. The van der Waals surface area contributed by atoms with Crippen molar-refractivity contribution in [3.63, 3.8) is 0 Å². The zero-order valence-electron chi connectivity index (χ0n) is 48.0. The van der Waals surface area contributed by atoms with Crippen LogP contribution in [0.3, 0.4) is 0 Å². The fourth-order valence-electron chi connectivity index (χ4n) is 11.1. The van der Waals surface area contributed by atoms with Gasteiger partial charge in [0.2, 0.25) is 53.7 Å². The van der Waals surface area contributed by atoms with Crippen LogP contribution in [0.1, 0.15) is 142 Å². The fraction of sp³-hybridized carbons (Fsp3) is 0.808. The Bertz CT molecular complexity index is 2560. The SMILES string of the molecule is CCCCC(=O)NCCCCCC(=O)NC(CS(=O)(=O)O)C(=O)NC1CCN(C2=NC(N3CCC(C(=O)O)CC3)N=C(N3CCC(NC(=O)C(CS(=O)(=O)O)NC(=O)CCCCCNC(=O)CCCC[C@@H]4SCC5NC(=O)NC54)CC3)N2)CC1. The summed E-state index contributed by atoms with van der Waals surface area (Å²) in [7, 11) is -9.35. The molecular formula is C52H88N14O15S3. The number of carboxylic acid groups (broad SMARTS) is 1. The van der Waals surface area contributed by atoms with E-state index in [-0.39, 0.29) is 42.8 Å². The Balaban J connectivity index is 0.934. The average Bonchev–Trinajstić information content (AvgIpc) is 3.14. The van der Waals surface area contributed by atoms with Gasteiger partial charge in [0, 0.05) is 101 Å². The van der Waals surface area contributed by atoms with E-state index in [1.165, 1.54) is 0 Å². The number of nitrogens with one attached hydrogen (secondary N) is 9. The highest BCUT2D eigenvalue weighted by atomic mass is 32.2. The molecule has 8 amide bonds. The van der Waals surface area contributed by atoms with Crippen LogP contribution in [0.15, 0.2) is 9.98 Å². The molecule has 29 nitrogen and oxygen atoms in total. The van der Waals surface area contributed by atoms with E-state index >= 15 is 0 Å². The number of guanidine groups is 2. The van der Waals surface area contributed by atoms with Gasteiger partial charge >= 0.3 is 12.0 Å². The molecular weight excluding hydrogens is 1160 g/mol. The molecule has 5 saturated heterocycles. The molecule has 0 aromatic carbocycles. The van der Waals surface area contributed by atoms with E-state index in [0.29, 0.717) is 159 Å². The molecule has 6 atom stereocenters. The lowest BCUT2D eigenvalue weighted by Crippen LogP contribution is -2.60. The number of fused-ring (bicyclic) bond motifs is 1. The second-order valence-electron chi connectivity index (χ2n) is 22.6. The Morgan fingerprint density at radius 1 is 0.619 bits per heavy atom. The van der Waals surface area contributed by atoms with Gasteiger partial charge in [0.25, 0.3) is 20.2 Å². The number of carboxylic acids is 1. The number of aliphatic imine (C=N–C) groups is 2. The summed E-state index contributed by atoms with van der Waals surface area (Å²) >= 11 is 1.84. The Morgan fingerprint density at radius 3 is 1.55 bits per heavy atom. The quantitative estimate of drug-likeness (QED) is 0.0231. The summed E-state index contributed by atoms with van der Waals surface area (Å²) in [6.07, 6.45) is 9.98. The molecule has 12 N–H and O–H groups in total. The van der Waals surface area contributed by atoms with Crippen LogP contribution in [0.5, 0.6) is 0 Å². The van der Waals surface area contributed by atoms with Crippen molar-refractivity contribution in [2.75, 3.05) is 69.6 Å². The maximum atomic E-state index is 13.6. The molecule has 6 aliphatic rings. The van der Waals surface area contributed by atoms with Crippen molar-refractivity contribution in [3.05, 3.63) is 0 Å². The van der Waals surface area contributed by atoms with Gasteiger partial charge in [0.15, 0.2) is 0 Å². The highest BCUT2D eigenvalue weighted by molar-refractivity contribution is 8.00. The molecule has 0 radical (unpaired) electrons. The van der Waals surface area contributed by atoms with Gasteiger partial charge in [-0.1, -0.05) is 32.6 Å². The van der Waals surface area contributed by atoms with Crippen LogP contribution < -0.4 is 47.9 Å². The first-order valence-corrected chi connectivity index (χ1v) is 34.0. The first kappa shape index (κ1) is 67.6. The minimum atomic E-state index is -4.69. The number of piperidine rings is 3. The Hall–Kier alpha value is -5.57. The topological polar surface area (TPSA) is 408 Å². The number of hydrogen-bond donors (Lipinski definition) is 12. The van der Waals surface area contributed by atoms with Crippen LogP contribution in [0.25, 0.3) is 0 Å². The summed E-state index contributed by atoms with van der Waals surface area (Å²) in [5.74, 6) is -4.34. The van der Waals surface area contributed by atoms with Crippen molar-refractivity contribution in [2.45, 2.75) is 190 Å². The molecule has 0 aromatic heterocycles. The molecule has 32 heteroatoms. The number of likely N-dealkylation sites (tertiary alicyclic amines) is 3. The standard InChI is InChI=1S/C52H88N14O15S3/c1-2-3-13-41(67)53-23-10-4-6-15-43(69)57-38(32-83(76,77)78)46(71)55-35-19-27-65(28-20-35)50-61-49(64-25-17-34(18-26-64)48(73)74)62-51(63-50)66-29-21-36(22-30-66)56-47(72)39(33-84(79,80)81)58-44(70)16-7-5-11-24-54-42(68)14-9-8-12-40-45-37(31-82-40)59-52(75)60-45/h34-40,45,49H,2-33H2,1H3,(H,53,67)(H,54,68)(H,55,71)(H,56,72)(H,57,69)(H,58,70)(H,73,74)(H2,59,60,75)(H,61,62,63)(H,76,77,78)(H,79,80,81)/t37?,38?,39?,40-,45?,49?/m0/s1. The molecule has 474 valence electrons. The number of hydrogen-bond acceptors (Lipinski definition) is 19. The number of nitrogens with zero attached hydrogens (tertiary/aromatic N) is 5. The smallest absolute Gasteiger partial charge is 0.315 e. The van der Waals surface area contributed by atoms with Crippen LogP contribution in [-0.4, -0.2) is 223 Å². The summed E-state index contributed by atoms with van der Waals surface area (Å²) in [6, 6.07) is -3.81. The van der Waals surface area contributed by atoms with E-state index < -0.39 is 97.7 Å². The highest BCUT2D eigenvalue weighted by Gasteiger charge is 2.43. The van der Waals surface area contributed by atoms with Crippen molar-refractivity contribution in [1.29, 1.82) is 0 Å². The van der Waals surface area contributed by atoms with Crippen LogP contribution in [0.4, 0.5) is 4.79 Å². The van der Waals surface area contributed by atoms with Crippen LogP contribution >= 0.6 is 11.8 Å². The number of rotatable bonds is 32. The van der Waals surface area contributed by atoms with Crippen LogP contribution in [0, 0.1) is 5.92 Å². The summed E-state index contributed by atoms with van der Waals surface area (Å²) in [6.45, 7) is 5.24. The molecule has 5 unspecified atom stereocenters. The molecule has 0 saturated carbocycles. The minimum Gasteiger partial charge on any atom is -0.481 e. The number of carbonyl (C=O) groups is 8. The Labute approximate surface area is 496 Å². The van der Waals surface area contributed by atoms with Gasteiger partial charge < -0.3 is 57.4 Å². The van der Waals surface area contributed by atoms with Gasteiger partial charge in [-0.05, 0) is 83.5 Å². The van der Waals surface area contributed by atoms with E-state index in [2.05, 4.69) is 47.9 Å². The van der Waals surface area contributed by atoms with Crippen molar-refractivity contribution < 1.29 is 69.4 Å². The second-order valence-corrected chi connectivity index (χ2v) is 26.9. The zero-order chi connectivity index (χ0) is 60.8. The maximum absolute atomic E-state index is 13.6. The summed E-state index contributed by atoms with van der Waals surface area (Å²) < 4.78 is 67.3. The molecule has 6 heterocycles. The number of unbranched alkanes of at least 4 members (excludes halogenated alkanes) is 6. The molecule has 0 aliphatic carbocycles. The highest BCUT2D eigenvalue weighted by Crippen LogP contribution is 2.33. The molecule has 84 heavy (non-hydrogen) atoms. The minimum absolute atomic E-state index is 0.00691. The van der Waals surface area contributed by atoms with Crippen LogP contribution in [0.2, 0.25) is 0 Å². The van der Waals surface area contributed by atoms with Crippen molar-refractivity contribution >= 4 is 91.4 Å². The van der Waals surface area contributed by atoms with E-state index in [4.69, 9.17) is 9.98 Å². The van der Waals surface area contributed by atoms with Crippen molar-refractivity contribution in [1.82, 2.24) is 62.6 Å². The van der Waals surface area contributed by atoms with Crippen molar-refractivity contribution in [3.8, 4) is 0 Å². The Morgan fingerprint density at radius 2 is 1.08 bits per heavy atom. The van der Waals surface area contributed by atoms with Crippen LogP contribution in [-0.2, 0) is 53.8 Å². The molecule has 0 bridgehead atoms. The number of amides is 8. The number of aliphatic carboxylic acids is 1. The zero-order valence-corrected chi connectivity index (χ0v) is 50.5. The van der Waals surface area contributed by atoms with Gasteiger partial charge in [-0.25, -0.2) is 14.8 Å². The summed E-state index contributed by atoms with van der Waals surface area (Å²) in [4.78, 5) is 116. The van der Waals surface area contributed by atoms with Gasteiger partial charge in [0.05, 0.1) is 18.0 Å². The van der Waals surface area contributed by atoms with Crippen molar-refractivity contribution in [2.24, 2.45) is 15.9 Å². The summed E-state index contributed by atoms with van der Waals surface area (Å²) in [5, 5.41) is 35.6. The lowest BCUT2D eigenvalue weighted by molar-refractivity contribution is -0.143. The first-order chi connectivity index (χ1) is 40.0. The molecule has 5 fully saturated rings. The maximum Gasteiger partial charge on any atom is 0.315 e. The lowest BCUT2D eigenvalue weighted by atomic mass is 9.97. The van der Waals surface area contributed by atoms with Gasteiger partial charge in [-0.2, -0.15) is 28.6 Å². The Kier molecular flexibility index (Phi) is 26.8. The molecule has 0 aromatic rings. The molecule has 6 rings (SSSR count). The lowest BCUT2D eigenvalue weighted by Gasteiger charge is -2.42. The predicted molar refractivity (Wildman–Crippen MR) is 312 cm³/mol. The number of carbonyl (C=O) groups excluding carboxylic acids is 7. The third-order valence-electron chi connectivity index (χ3n) is 15.9.